The van der Waals surface area contributed by atoms with E-state index in [1.807, 2.05) is 30.3 Å². The number of nitrogens with zero attached hydrogens (tertiary/aromatic N) is 5. The Hall–Kier alpha value is -2.40. The van der Waals surface area contributed by atoms with E-state index in [0.717, 1.165) is 31.0 Å². The standard InChI is InChI=1S/C18H23N5/c1-15-5-4-6-17(11-15)23-14-16(12-20-23)13-21(2)9-7-18-19-8-10-22(18)3/h4-6,8,10-12,14H,7,9,13H2,1-3H3. The molecular formula is C18H23N5. The second-order valence-electron chi connectivity index (χ2n) is 6.07. The molecule has 2 aromatic heterocycles. The number of hydrogen-bond donors (Lipinski definition) is 0. The van der Waals surface area contributed by atoms with Crippen molar-refractivity contribution in [3.8, 4) is 5.69 Å². The molecule has 120 valence electrons. The van der Waals surface area contributed by atoms with Crippen LogP contribution in [0, 0.1) is 6.92 Å². The van der Waals surface area contributed by atoms with Gasteiger partial charge in [-0.2, -0.15) is 5.10 Å². The molecule has 3 rings (SSSR count). The molecule has 2 heterocycles. The lowest BCUT2D eigenvalue weighted by Gasteiger charge is -2.15. The molecule has 0 bridgehead atoms. The number of aromatic nitrogens is 4. The first-order chi connectivity index (χ1) is 11.1. The van der Waals surface area contributed by atoms with E-state index >= 15 is 0 Å². The summed E-state index contributed by atoms with van der Waals surface area (Å²) in [5.41, 5.74) is 3.56. The van der Waals surface area contributed by atoms with Gasteiger partial charge in [-0.1, -0.05) is 12.1 Å². The normalized spacial score (nSPS) is 11.3. The van der Waals surface area contributed by atoms with Crippen LogP contribution in [0.25, 0.3) is 5.69 Å². The van der Waals surface area contributed by atoms with Gasteiger partial charge in [-0.05, 0) is 31.7 Å². The van der Waals surface area contributed by atoms with Gasteiger partial charge in [0.05, 0.1) is 11.9 Å². The van der Waals surface area contributed by atoms with Gasteiger partial charge < -0.3 is 9.47 Å². The number of hydrogen-bond acceptors (Lipinski definition) is 3. The van der Waals surface area contributed by atoms with Crippen molar-refractivity contribution in [3.05, 3.63) is 66.0 Å². The fourth-order valence-electron chi connectivity index (χ4n) is 2.67. The van der Waals surface area contributed by atoms with Gasteiger partial charge in [-0.3, -0.25) is 0 Å². The Kier molecular flexibility index (Phi) is 4.57. The Balaban J connectivity index is 1.59. The maximum absolute atomic E-state index is 4.48. The molecule has 0 fully saturated rings. The largest absolute Gasteiger partial charge is 0.338 e. The van der Waals surface area contributed by atoms with Gasteiger partial charge >= 0.3 is 0 Å². The zero-order valence-electron chi connectivity index (χ0n) is 14.0. The fraction of sp³-hybridized carbons (Fsp3) is 0.333. The van der Waals surface area contributed by atoms with Gasteiger partial charge in [0.2, 0.25) is 0 Å². The lowest BCUT2D eigenvalue weighted by molar-refractivity contribution is 0.327. The van der Waals surface area contributed by atoms with Crippen molar-refractivity contribution in [2.45, 2.75) is 19.9 Å². The van der Waals surface area contributed by atoms with Crippen LogP contribution in [0.2, 0.25) is 0 Å². The molecule has 0 amide bonds. The second-order valence-corrected chi connectivity index (χ2v) is 6.07. The minimum absolute atomic E-state index is 0.885. The maximum atomic E-state index is 4.48. The van der Waals surface area contributed by atoms with Gasteiger partial charge in [0.15, 0.2) is 0 Å². The quantitative estimate of drug-likeness (QED) is 0.702. The Morgan fingerprint density at radius 1 is 1.26 bits per heavy atom. The third-order valence-corrected chi connectivity index (χ3v) is 3.99. The molecule has 5 heteroatoms. The smallest absolute Gasteiger partial charge is 0.109 e. The molecule has 1 aromatic carbocycles. The summed E-state index contributed by atoms with van der Waals surface area (Å²) in [6.45, 7) is 3.95. The summed E-state index contributed by atoms with van der Waals surface area (Å²) in [5.74, 6) is 1.12. The molecule has 0 saturated heterocycles. The number of imidazole rings is 1. The van der Waals surface area contributed by atoms with E-state index in [-0.39, 0.29) is 0 Å². The Bertz CT molecular complexity index is 771. The first-order valence-electron chi connectivity index (χ1n) is 7.87. The lowest BCUT2D eigenvalue weighted by Crippen LogP contribution is -2.21. The molecule has 5 nitrogen and oxygen atoms in total. The minimum atomic E-state index is 0.885. The minimum Gasteiger partial charge on any atom is -0.338 e. The molecule has 0 aliphatic rings. The Morgan fingerprint density at radius 3 is 2.87 bits per heavy atom. The summed E-state index contributed by atoms with van der Waals surface area (Å²) >= 11 is 0. The monoisotopic (exact) mass is 309 g/mol. The van der Waals surface area contributed by atoms with Crippen LogP contribution < -0.4 is 0 Å². The van der Waals surface area contributed by atoms with Crippen LogP contribution in [0.4, 0.5) is 0 Å². The zero-order valence-corrected chi connectivity index (χ0v) is 14.0. The van der Waals surface area contributed by atoms with Crippen LogP contribution in [-0.2, 0) is 20.0 Å². The molecule has 0 unspecified atom stereocenters. The summed E-state index contributed by atoms with van der Waals surface area (Å²) in [7, 11) is 4.17. The van der Waals surface area contributed by atoms with Crippen molar-refractivity contribution < 1.29 is 0 Å². The van der Waals surface area contributed by atoms with Crippen molar-refractivity contribution in [1.82, 2.24) is 24.2 Å². The molecule has 3 aromatic rings. The maximum Gasteiger partial charge on any atom is 0.109 e. The van der Waals surface area contributed by atoms with Crippen LogP contribution in [0.1, 0.15) is 17.0 Å². The van der Waals surface area contributed by atoms with Crippen LogP contribution in [0.15, 0.2) is 49.1 Å². The van der Waals surface area contributed by atoms with Crippen LogP contribution in [0.5, 0.6) is 0 Å². The van der Waals surface area contributed by atoms with Crippen molar-refractivity contribution in [1.29, 1.82) is 0 Å². The summed E-state index contributed by atoms with van der Waals surface area (Å²) in [4.78, 5) is 6.66. The summed E-state index contributed by atoms with van der Waals surface area (Å²) in [6.07, 6.45) is 8.83. The number of rotatable bonds is 6. The van der Waals surface area contributed by atoms with Gasteiger partial charge in [0, 0.05) is 50.7 Å². The molecule has 0 N–H and O–H groups in total. The predicted molar refractivity (Wildman–Crippen MR) is 91.5 cm³/mol. The van der Waals surface area contributed by atoms with Crippen molar-refractivity contribution in [3.63, 3.8) is 0 Å². The van der Waals surface area contributed by atoms with Crippen molar-refractivity contribution >= 4 is 0 Å². The molecular weight excluding hydrogens is 286 g/mol. The van der Waals surface area contributed by atoms with E-state index < -0.39 is 0 Å². The predicted octanol–water partition coefficient (Wildman–Crippen LogP) is 2.59. The lowest BCUT2D eigenvalue weighted by atomic mass is 10.2. The number of likely N-dealkylation sites (N-methyl/N-ethyl adjacent to an activating group) is 1. The molecule has 23 heavy (non-hydrogen) atoms. The Morgan fingerprint density at radius 2 is 2.13 bits per heavy atom. The van der Waals surface area contributed by atoms with Crippen LogP contribution in [0.3, 0.4) is 0 Å². The van der Waals surface area contributed by atoms with Gasteiger partial charge in [-0.25, -0.2) is 9.67 Å². The van der Waals surface area contributed by atoms with Crippen molar-refractivity contribution in [2.75, 3.05) is 13.6 Å². The van der Waals surface area contributed by atoms with Crippen LogP contribution in [-0.4, -0.2) is 37.8 Å². The third kappa shape index (κ3) is 3.87. The molecule has 0 atom stereocenters. The van der Waals surface area contributed by atoms with E-state index in [1.54, 1.807) is 0 Å². The summed E-state index contributed by atoms with van der Waals surface area (Å²) in [5, 5.41) is 4.48. The molecule has 0 aliphatic heterocycles. The van der Waals surface area contributed by atoms with Gasteiger partial charge in [0.25, 0.3) is 0 Å². The van der Waals surface area contributed by atoms with Gasteiger partial charge in [-0.15, -0.1) is 0 Å². The summed E-state index contributed by atoms with van der Waals surface area (Å²) < 4.78 is 4.01. The topological polar surface area (TPSA) is 38.9 Å². The second kappa shape index (κ2) is 6.79. The molecule has 0 aliphatic carbocycles. The van der Waals surface area contributed by atoms with E-state index in [0.29, 0.717) is 0 Å². The highest BCUT2D eigenvalue weighted by Crippen LogP contribution is 2.11. The highest BCUT2D eigenvalue weighted by atomic mass is 15.3. The Labute approximate surface area is 137 Å². The third-order valence-electron chi connectivity index (χ3n) is 3.99. The van der Waals surface area contributed by atoms with Gasteiger partial charge in [0.1, 0.15) is 5.82 Å². The summed E-state index contributed by atoms with van der Waals surface area (Å²) in [6, 6.07) is 8.38. The highest BCUT2D eigenvalue weighted by Gasteiger charge is 2.06. The fourth-order valence-corrected chi connectivity index (χ4v) is 2.67. The average Bonchev–Trinajstić information content (AvgIpc) is 3.14. The van der Waals surface area contributed by atoms with E-state index in [4.69, 9.17) is 0 Å². The average molecular weight is 309 g/mol. The number of benzene rings is 1. The van der Waals surface area contributed by atoms with E-state index in [9.17, 15) is 0 Å². The zero-order chi connectivity index (χ0) is 16.2. The van der Waals surface area contributed by atoms with Crippen molar-refractivity contribution in [2.24, 2.45) is 7.05 Å². The number of aryl methyl sites for hydroxylation is 2. The van der Waals surface area contributed by atoms with Crippen LogP contribution >= 0.6 is 0 Å². The van der Waals surface area contributed by atoms with E-state index in [1.165, 1.54) is 11.1 Å². The molecule has 0 spiro atoms. The first kappa shape index (κ1) is 15.5. The first-order valence-corrected chi connectivity index (χ1v) is 7.87. The highest BCUT2D eigenvalue weighted by molar-refractivity contribution is 5.35. The SMILES string of the molecule is Cc1cccc(-n2cc(CN(C)CCc3nccn3C)cn2)c1. The molecule has 0 saturated carbocycles. The molecule has 0 radical (unpaired) electrons. The van der Waals surface area contributed by atoms with E-state index in [2.05, 4.69) is 64.0 Å².